The van der Waals surface area contributed by atoms with Crippen LogP contribution in [0.1, 0.15) is 39.6 Å². The number of para-hydroxylation sites is 1. The Balaban J connectivity index is 1.43. The number of carbonyl (C=O) groups excluding carboxylic acids is 3. The number of Topliss-reactive ketones (excluding diaryl/α,β-unsaturated/α-hetero) is 1. The van der Waals surface area contributed by atoms with Crippen LogP contribution in [-0.2, 0) is 26.0 Å². The Morgan fingerprint density at radius 3 is 2.43 bits per heavy atom. The molecule has 0 spiro atoms. The number of nitrogens with zero attached hydrogens (tertiary/aromatic N) is 1. The zero-order chi connectivity index (χ0) is 25.0. The predicted molar refractivity (Wildman–Crippen MR) is 131 cm³/mol. The third-order valence-corrected chi connectivity index (χ3v) is 7.44. The van der Waals surface area contributed by atoms with E-state index in [1.165, 1.54) is 35.5 Å². The van der Waals surface area contributed by atoms with Crippen LogP contribution in [0.3, 0.4) is 0 Å². The van der Waals surface area contributed by atoms with Gasteiger partial charge in [0, 0.05) is 17.8 Å². The second-order valence-electron chi connectivity index (χ2n) is 8.10. The van der Waals surface area contributed by atoms with E-state index in [1.807, 2.05) is 12.1 Å². The molecule has 4 rings (SSSR count). The monoisotopic (exact) mass is 492 g/mol. The van der Waals surface area contributed by atoms with E-state index >= 15 is 0 Å². The highest BCUT2D eigenvalue weighted by Gasteiger charge is 2.29. The van der Waals surface area contributed by atoms with Gasteiger partial charge in [-0.05, 0) is 73.9 Å². The van der Waals surface area contributed by atoms with E-state index in [2.05, 4.69) is 5.32 Å². The van der Waals surface area contributed by atoms with Crippen molar-refractivity contribution >= 4 is 39.1 Å². The van der Waals surface area contributed by atoms with Gasteiger partial charge in [-0.1, -0.05) is 24.3 Å². The van der Waals surface area contributed by atoms with Crippen molar-refractivity contribution in [1.29, 1.82) is 0 Å². The minimum absolute atomic E-state index is 0.0231. The minimum atomic E-state index is -3.89. The van der Waals surface area contributed by atoms with Crippen LogP contribution in [0.25, 0.3) is 0 Å². The number of benzene rings is 3. The number of ketones is 1. The van der Waals surface area contributed by atoms with Crippen LogP contribution in [0, 0.1) is 0 Å². The quantitative estimate of drug-likeness (QED) is 0.397. The maximum Gasteiger partial charge on any atom is 0.338 e. The van der Waals surface area contributed by atoms with E-state index in [9.17, 15) is 22.8 Å². The molecule has 0 unspecified atom stereocenters. The predicted octanol–water partition coefficient (Wildman–Crippen LogP) is 3.83. The Kier molecular flexibility index (Phi) is 6.97. The van der Waals surface area contributed by atoms with Crippen LogP contribution in [0.4, 0.5) is 11.4 Å². The summed E-state index contributed by atoms with van der Waals surface area (Å²) in [5.41, 5.74) is 2.58. The standard InChI is InChI=1S/C26H24N2O6S/c1-18(29)19-11-13-22(14-12-19)27-25(30)17-34-26(31)21-7-4-9-23(16-21)35(32,33)28-15-5-8-20-6-2-3-10-24(20)28/h2-4,6-7,9-14,16H,5,8,15,17H2,1H3,(H,27,30). The van der Waals surface area contributed by atoms with Crippen molar-refractivity contribution in [2.24, 2.45) is 0 Å². The van der Waals surface area contributed by atoms with Crippen molar-refractivity contribution in [3.8, 4) is 0 Å². The van der Waals surface area contributed by atoms with Crippen LogP contribution >= 0.6 is 0 Å². The van der Waals surface area contributed by atoms with Crippen molar-refractivity contribution in [3.05, 3.63) is 89.5 Å². The lowest BCUT2D eigenvalue weighted by Crippen LogP contribution is -2.35. The lowest BCUT2D eigenvalue weighted by Gasteiger charge is -2.30. The SMILES string of the molecule is CC(=O)c1ccc(NC(=O)COC(=O)c2cccc(S(=O)(=O)N3CCCc4ccccc43)c2)cc1. The summed E-state index contributed by atoms with van der Waals surface area (Å²) in [6, 6.07) is 19.3. The summed E-state index contributed by atoms with van der Waals surface area (Å²) >= 11 is 0. The van der Waals surface area contributed by atoms with Gasteiger partial charge in [-0.3, -0.25) is 13.9 Å². The zero-order valence-electron chi connectivity index (χ0n) is 19.1. The summed E-state index contributed by atoms with van der Waals surface area (Å²) in [6.45, 7) is 1.24. The zero-order valence-corrected chi connectivity index (χ0v) is 19.9. The van der Waals surface area contributed by atoms with Gasteiger partial charge in [0.25, 0.3) is 15.9 Å². The van der Waals surface area contributed by atoms with Crippen molar-refractivity contribution in [1.82, 2.24) is 0 Å². The molecule has 1 aliphatic rings. The molecule has 0 saturated heterocycles. The second-order valence-corrected chi connectivity index (χ2v) is 9.96. The fourth-order valence-corrected chi connectivity index (χ4v) is 5.45. The number of hydrogen-bond donors (Lipinski definition) is 1. The molecule has 0 atom stereocenters. The Bertz CT molecular complexity index is 1380. The van der Waals surface area contributed by atoms with E-state index in [1.54, 1.807) is 36.4 Å². The summed E-state index contributed by atoms with van der Waals surface area (Å²) in [5, 5.41) is 2.57. The smallest absolute Gasteiger partial charge is 0.338 e. The molecular weight excluding hydrogens is 468 g/mol. The number of carbonyl (C=O) groups is 3. The van der Waals surface area contributed by atoms with E-state index in [0.29, 0.717) is 29.9 Å². The molecule has 0 aliphatic carbocycles. The highest BCUT2D eigenvalue weighted by molar-refractivity contribution is 7.92. The molecule has 35 heavy (non-hydrogen) atoms. The summed E-state index contributed by atoms with van der Waals surface area (Å²) in [7, 11) is -3.89. The van der Waals surface area contributed by atoms with Gasteiger partial charge in [0.2, 0.25) is 0 Å². The first-order valence-electron chi connectivity index (χ1n) is 11.0. The Morgan fingerprint density at radius 1 is 0.943 bits per heavy atom. The van der Waals surface area contributed by atoms with Gasteiger partial charge in [0.15, 0.2) is 12.4 Å². The summed E-state index contributed by atoms with van der Waals surface area (Å²) in [4.78, 5) is 36.0. The average Bonchev–Trinajstić information content (AvgIpc) is 2.87. The third kappa shape index (κ3) is 5.41. The van der Waals surface area contributed by atoms with E-state index < -0.39 is 28.5 Å². The lowest BCUT2D eigenvalue weighted by molar-refractivity contribution is -0.119. The first-order valence-corrected chi connectivity index (χ1v) is 12.5. The molecule has 1 aliphatic heterocycles. The van der Waals surface area contributed by atoms with Gasteiger partial charge in [-0.15, -0.1) is 0 Å². The molecule has 0 fully saturated rings. The fourth-order valence-electron chi connectivity index (χ4n) is 3.86. The van der Waals surface area contributed by atoms with Gasteiger partial charge in [-0.2, -0.15) is 0 Å². The number of nitrogens with one attached hydrogen (secondary N) is 1. The first kappa shape index (κ1) is 24.2. The number of fused-ring (bicyclic) bond motifs is 1. The van der Waals surface area contributed by atoms with Crippen LogP contribution in [-0.4, -0.2) is 39.2 Å². The number of ether oxygens (including phenoxy) is 1. The number of esters is 1. The molecule has 1 amide bonds. The van der Waals surface area contributed by atoms with Gasteiger partial charge < -0.3 is 10.1 Å². The van der Waals surface area contributed by atoms with Gasteiger partial charge in [-0.25, -0.2) is 13.2 Å². The summed E-state index contributed by atoms with van der Waals surface area (Å²) in [5.74, 6) is -1.48. The van der Waals surface area contributed by atoms with Crippen molar-refractivity contribution in [3.63, 3.8) is 0 Å². The van der Waals surface area contributed by atoms with Crippen LogP contribution in [0.15, 0.2) is 77.7 Å². The lowest BCUT2D eigenvalue weighted by atomic mass is 10.0. The van der Waals surface area contributed by atoms with Crippen molar-refractivity contribution < 1.29 is 27.5 Å². The van der Waals surface area contributed by atoms with Gasteiger partial charge >= 0.3 is 5.97 Å². The molecule has 8 nitrogen and oxygen atoms in total. The molecule has 9 heteroatoms. The minimum Gasteiger partial charge on any atom is -0.452 e. The Hall–Kier alpha value is -3.98. The maximum absolute atomic E-state index is 13.3. The Labute approximate surface area is 203 Å². The summed E-state index contributed by atoms with van der Waals surface area (Å²) in [6.07, 6.45) is 1.50. The molecule has 1 heterocycles. The highest BCUT2D eigenvalue weighted by Crippen LogP contribution is 2.32. The number of amides is 1. The van der Waals surface area contributed by atoms with E-state index in [0.717, 1.165) is 12.0 Å². The van der Waals surface area contributed by atoms with Crippen LogP contribution < -0.4 is 9.62 Å². The number of aryl methyl sites for hydroxylation is 1. The number of anilines is 2. The average molecular weight is 493 g/mol. The molecule has 0 bridgehead atoms. The third-order valence-electron chi connectivity index (χ3n) is 5.63. The van der Waals surface area contributed by atoms with Crippen molar-refractivity contribution in [2.75, 3.05) is 22.8 Å². The molecule has 0 saturated carbocycles. The normalized spacial score (nSPS) is 13.0. The number of hydrogen-bond acceptors (Lipinski definition) is 6. The maximum atomic E-state index is 13.3. The van der Waals surface area contributed by atoms with Crippen molar-refractivity contribution in [2.45, 2.75) is 24.7 Å². The molecule has 0 radical (unpaired) electrons. The molecule has 0 aromatic heterocycles. The number of sulfonamides is 1. The Morgan fingerprint density at radius 2 is 1.69 bits per heavy atom. The largest absolute Gasteiger partial charge is 0.452 e. The van der Waals surface area contributed by atoms with E-state index in [-0.39, 0.29) is 16.2 Å². The van der Waals surface area contributed by atoms with E-state index in [4.69, 9.17) is 4.74 Å². The first-order chi connectivity index (χ1) is 16.8. The van der Waals surface area contributed by atoms with Gasteiger partial charge in [0.1, 0.15) is 0 Å². The topological polar surface area (TPSA) is 110 Å². The molecule has 1 N–H and O–H groups in total. The molecule has 180 valence electrons. The summed E-state index contributed by atoms with van der Waals surface area (Å²) < 4.78 is 33.1. The van der Waals surface area contributed by atoms with Crippen LogP contribution in [0.2, 0.25) is 0 Å². The molecular formula is C26H24N2O6S. The molecule has 3 aromatic carbocycles. The second kappa shape index (κ2) is 10.1. The van der Waals surface area contributed by atoms with Gasteiger partial charge in [0.05, 0.1) is 16.1 Å². The molecule has 3 aromatic rings. The number of rotatable bonds is 7. The highest BCUT2D eigenvalue weighted by atomic mass is 32.2. The van der Waals surface area contributed by atoms with Crippen LogP contribution in [0.5, 0.6) is 0 Å². The fraction of sp³-hybridized carbons (Fsp3) is 0.192.